The molecule has 0 aliphatic carbocycles. The molecule has 104 valence electrons. The maximum Gasteiger partial charge on any atom is 0.274 e. The number of aromatic nitrogens is 2. The van der Waals surface area contributed by atoms with E-state index in [4.69, 9.17) is 5.84 Å². The Morgan fingerprint density at radius 2 is 2.40 bits per heavy atom. The Morgan fingerprint density at radius 1 is 1.55 bits per heavy atom. The minimum absolute atomic E-state index is 0.0637. The van der Waals surface area contributed by atoms with E-state index in [0.717, 1.165) is 6.42 Å². The van der Waals surface area contributed by atoms with Gasteiger partial charge in [0.15, 0.2) is 5.82 Å². The summed E-state index contributed by atoms with van der Waals surface area (Å²) in [6.07, 6.45) is 3.85. The fourth-order valence-electron chi connectivity index (χ4n) is 2.47. The number of carbonyl (C=O) groups is 1. The van der Waals surface area contributed by atoms with E-state index in [0.29, 0.717) is 18.1 Å². The van der Waals surface area contributed by atoms with Crippen LogP contribution in [-0.2, 0) is 6.42 Å². The van der Waals surface area contributed by atoms with Gasteiger partial charge < -0.3 is 10.3 Å². The van der Waals surface area contributed by atoms with E-state index in [1.165, 1.54) is 22.8 Å². The molecule has 6 nitrogen and oxygen atoms in total. The van der Waals surface area contributed by atoms with Crippen molar-refractivity contribution < 1.29 is 4.79 Å². The van der Waals surface area contributed by atoms with Crippen LogP contribution in [0.5, 0.6) is 0 Å². The Kier molecular flexibility index (Phi) is 3.37. The number of anilines is 1. The third kappa shape index (κ3) is 2.14. The van der Waals surface area contributed by atoms with Crippen LogP contribution in [-0.4, -0.2) is 27.3 Å². The molecule has 3 N–H and O–H groups in total. The highest BCUT2D eigenvalue weighted by Crippen LogP contribution is 2.33. The molecule has 1 unspecified atom stereocenters. The monoisotopic (exact) mass is 289 g/mol. The van der Waals surface area contributed by atoms with Crippen LogP contribution in [0.4, 0.5) is 5.82 Å². The van der Waals surface area contributed by atoms with E-state index in [1.807, 2.05) is 11.8 Å². The lowest BCUT2D eigenvalue weighted by Gasteiger charge is -2.33. The van der Waals surface area contributed by atoms with Crippen LogP contribution in [0.15, 0.2) is 23.8 Å². The van der Waals surface area contributed by atoms with E-state index >= 15 is 0 Å². The van der Waals surface area contributed by atoms with Gasteiger partial charge in [0, 0.05) is 11.4 Å². The predicted octanol–water partition coefficient (Wildman–Crippen LogP) is 1.58. The molecule has 1 atom stereocenters. The summed E-state index contributed by atoms with van der Waals surface area (Å²) >= 11 is 1.75. The van der Waals surface area contributed by atoms with E-state index in [1.54, 1.807) is 11.3 Å². The molecule has 2 aromatic heterocycles. The highest BCUT2D eigenvalue weighted by Gasteiger charge is 2.29. The van der Waals surface area contributed by atoms with Gasteiger partial charge in [0.25, 0.3) is 5.91 Å². The van der Waals surface area contributed by atoms with Crippen molar-refractivity contribution in [2.45, 2.75) is 19.4 Å². The highest BCUT2D eigenvalue weighted by molar-refractivity contribution is 7.10. The van der Waals surface area contributed by atoms with E-state index < -0.39 is 0 Å². The maximum atomic E-state index is 12.6. The summed E-state index contributed by atoms with van der Waals surface area (Å²) in [5.74, 6) is 5.57. The average Bonchev–Trinajstić information content (AvgIpc) is 2.96. The average molecular weight is 289 g/mol. The lowest BCUT2D eigenvalue weighted by Crippen LogP contribution is -2.38. The summed E-state index contributed by atoms with van der Waals surface area (Å²) in [7, 11) is 0. The molecule has 0 spiro atoms. The van der Waals surface area contributed by atoms with Crippen molar-refractivity contribution in [1.29, 1.82) is 0 Å². The Bertz CT molecular complexity index is 641. The zero-order valence-electron chi connectivity index (χ0n) is 11.0. The van der Waals surface area contributed by atoms with E-state index in [2.05, 4.69) is 26.8 Å². The fraction of sp³-hybridized carbons (Fsp3) is 0.308. The van der Waals surface area contributed by atoms with Crippen LogP contribution < -0.4 is 11.3 Å². The van der Waals surface area contributed by atoms with Crippen molar-refractivity contribution in [2.75, 3.05) is 12.0 Å². The van der Waals surface area contributed by atoms with Gasteiger partial charge >= 0.3 is 0 Å². The number of rotatable bonds is 2. The number of hydrogen-bond acceptors (Lipinski definition) is 6. The van der Waals surface area contributed by atoms with Gasteiger partial charge in [-0.15, -0.1) is 11.3 Å². The summed E-state index contributed by atoms with van der Waals surface area (Å²) in [5.41, 5.74) is 3.95. The molecule has 0 bridgehead atoms. The molecule has 7 heteroatoms. The van der Waals surface area contributed by atoms with Crippen molar-refractivity contribution >= 4 is 23.1 Å². The van der Waals surface area contributed by atoms with Crippen LogP contribution >= 0.6 is 11.3 Å². The second-order valence-electron chi connectivity index (χ2n) is 4.66. The molecule has 0 aromatic carbocycles. The lowest BCUT2D eigenvalue weighted by molar-refractivity contribution is 0.0673. The Hall–Kier alpha value is -1.99. The molecular weight excluding hydrogens is 274 g/mol. The highest BCUT2D eigenvalue weighted by atomic mass is 32.1. The molecule has 1 amide bonds. The van der Waals surface area contributed by atoms with Crippen LogP contribution in [0.1, 0.15) is 33.9 Å². The van der Waals surface area contributed by atoms with E-state index in [-0.39, 0.29) is 11.9 Å². The summed E-state index contributed by atoms with van der Waals surface area (Å²) < 4.78 is 0. The third-order valence-corrected chi connectivity index (χ3v) is 4.54. The molecular formula is C13H15N5OS. The van der Waals surface area contributed by atoms with Crippen molar-refractivity contribution in [3.05, 3.63) is 40.0 Å². The Morgan fingerprint density at radius 3 is 3.20 bits per heavy atom. The minimum atomic E-state index is -0.112. The number of hydrazine groups is 1. The van der Waals surface area contributed by atoms with Gasteiger partial charge in [-0.3, -0.25) is 9.78 Å². The van der Waals surface area contributed by atoms with Gasteiger partial charge in [-0.25, -0.2) is 10.8 Å². The topological polar surface area (TPSA) is 84.1 Å². The van der Waals surface area contributed by atoms with Crippen LogP contribution in [0.2, 0.25) is 0 Å². The summed E-state index contributed by atoms with van der Waals surface area (Å²) in [4.78, 5) is 23.9. The van der Waals surface area contributed by atoms with Crippen LogP contribution in [0.3, 0.4) is 0 Å². The van der Waals surface area contributed by atoms with Crippen molar-refractivity contribution in [2.24, 2.45) is 5.84 Å². The first-order valence-electron chi connectivity index (χ1n) is 6.36. The third-order valence-electron chi connectivity index (χ3n) is 3.54. The first-order valence-corrected chi connectivity index (χ1v) is 7.24. The van der Waals surface area contributed by atoms with Crippen molar-refractivity contribution in [3.63, 3.8) is 0 Å². The van der Waals surface area contributed by atoms with Crippen molar-refractivity contribution in [3.8, 4) is 0 Å². The zero-order chi connectivity index (χ0) is 14.1. The largest absolute Gasteiger partial charge is 0.330 e. The summed E-state index contributed by atoms with van der Waals surface area (Å²) in [6, 6.07) is 2.15. The number of nitrogens with two attached hydrogens (primary N) is 1. The number of amides is 1. The number of carbonyl (C=O) groups excluding carboxylic acids is 1. The number of nitrogens with one attached hydrogen (secondary N) is 1. The molecule has 0 radical (unpaired) electrons. The Labute approximate surface area is 120 Å². The molecule has 0 fully saturated rings. The van der Waals surface area contributed by atoms with Gasteiger partial charge in [0.1, 0.15) is 5.69 Å². The minimum Gasteiger partial charge on any atom is -0.330 e. The Balaban J connectivity index is 1.88. The number of nitrogen functional groups attached to an aromatic ring is 1. The number of hydrogen-bond donors (Lipinski definition) is 2. The fourth-order valence-corrected chi connectivity index (χ4v) is 3.44. The summed E-state index contributed by atoms with van der Waals surface area (Å²) in [5, 5.41) is 2.08. The van der Waals surface area contributed by atoms with Gasteiger partial charge in [0.05, 0.1) is 18.4 Å². The van der Waals surface area contributed by atoms with Crippen LogP contribution in [0, 0.1) is 0 Å². The normalized spacial score (nSPS) is 17.7. The molecule has 2 aromatic rings. The quantitative estimate of drug-likeness (QED) is 0.648. The number of fused-ring (bicyclic) bond motifs is 1. The lowest BCUT2D eigenvalue weighted by atomic mass is 10.0. The SMILES string of the molecule is CC1c2ccsc2CCN1C(=O)c1cncc(NN)n1. The molecule has 3 rings (SSSR count). The van der Waals surface area contributed by atoms with Gasteiger partial charge in [-0.05, 0) is 30.4 Å². The number of thiophene rings is 1. The van der Waals surface area contributed by atoms with Crippen LogP contribution in [0.25, 0.3) is 0 Å². The van der Waals surface area contributed by atoms with Gasteiger partial charge in [-0.1, -0.05) is 0 Å². The molecule has 0 saturated heterocycles. The first-order chi connectivity index (χ1) is 9.70. The summed E-state index contributed by atoms with van der Waals surface area (Å²) in [6.45, 7) is 2.75. The standard InChI is InChI=1S/C13H15N5OS/c1-8-9-3-5-20-11(9)2-4-18(8)13(19)10-6-15-7-12(16-10)17-14/h3,5-8H,2,4,14H2,1H3,(H,16,17). The second kappa shape index (κ2) is 5.18. The molecule has 1 aliphatic heterocycles. The first kappa shape index (κ1) is 13.0. The van der Waals surface area contributed by atoms with Gasteiger partial charge in [0.2, 0.25) is 0 Å². The van der Waals surface area contributed by atoms with Gasteiger partial charge in [-0.2, -0.15) is 0 Å². The van der Waals surface area contributed by atoms with E-state index in [9.17, 15) is 4.79 Å². The zero-order valence-corrected chi connectivity index (χ0v) is 11.9. The predicted molar refractivity (Wildman–Crippen MR) is 77.3 cm³/mol. The second-order valence-corrected chi connectivity index (χ2v) is 5.66. The molecule has 20 heavy (non-hydrogen) atoms. The maximum absolute atomic E-state index is 12.6. The molecule has 3 heterocycles. The molecule has 0 saturated carbocycles. The number of nitrogens with zero attached hydrogens (tertiary/aromatic N) is 3. The molecule has 1 aliphatic rings. The smallest absolute Gasteiger partial charge is 0.274 e. The van der Waals surface area contributed by atoms with Crippen molar-refractivity contribution in [1.82, 2.24) is 14.9 Å².